The number of aryl methyl sites for hydroxylation is 1. The molecule has 128 valence electrons. The monoisotopic (exact) mass is 338 g/mol. The molecular weight excluding hydrogens is 320 g/mol. The second-order valence-electron chi connectivity index (χ2n) is 5.90. The lowest BCUT2D eigenvalue weighted by molar-refractivity contribution is 0.0696. The van der Waals surface area contributed by atoms with Crippen molar-refractivity contribution >= 4 is 22.7 Å². The molecule has 0 amide bonds. The maximum absolute atomic E-state index is 13.0. The first-order valence-electron chi connectivity index (χ1n) is 8.13. The molecule has 0 aliphatic heterocycles. The van der Waals surface area contributed by atoms with Gasteiger partial charge in [-0.1, -0.05) is 25.5 Å². The first-order chi connectivity index (χ1) is 12.0. The van der Waals surface area contributed by atoms with Crippen LogP contribution in [0.15, 0.2) is 46.9 Å². The molecule has 0 aliphatic rings. The highest BCUT2D eigenvalue weighted by molar-refractivity contribution is 6.17. The number of unbranched alkanes of at least 4 members (excludes halogenated alkanes) is 1. The Kier molecular flexibility index (Phi) is 4.57. The molecule has 0 unspecified atom stereocenters. The maximum atomic E-state index is 13.0. The summed E-state index contributed by atoms with van der Waals surface area (Å²) in [7, 11) is 0. The van der Waals surface area contributed by atoms with Crippen molar-refractivity contribution in [3.05, 3.63) is 64.9 Å². The van der Waals surface area contributed by atoms with Gasteiger partial charge in [-0.25, -0.2) is 4.79 Å². The van der Waals surface area contributed by atoms with Gasteiger partial charge in [0, 0.05) is 17.4 Å². The Balaban J connectivity index is 2.19. The summed E-state index contributed by atoms with van der Waals surface area (Å²) >= 11 is 0. The molecule has 0 spiro atoms. The number of carboxylic acid groups (broad SMARTS) is 1. The van der Waals surface area contributed by atoms with E-state index in [1.165, 1.54) is 24.3 Å². The summed E-state index contributed by atoms with van der Waals surface area (Å²) in [6.45, 7) is 2.04. The zero-order valence-electron chi connectivity index (χ0n) is 13.8. The van der Waals surface area contributed by atoms with E-state index in [1.54, 1.807) is 18.2 Å². The van der Waals surface area contributed by atoms with Crippen LogP contribution in [0.3, 0.4) is 0 Å². The minimum absolute atomic E-state index is 0.0000151. The maximum Gasteiger partial charge on any atom is 0.335 e. The fourth-order valence-corrected chi connectivity index (χ4v) is 2.84. The number of carbonyl (C=O) groups excluding carboxylic acids is 1. The predicted octanol–water partition coefficient (Wildman–Crippen LogP) is 4.41. The van der Waals surface area contributed by atoms with E-state index in [-0.39, 0.29) is 17.1 Å². The zero-order valence-corrected chi connectivity index (χ0v) is 13.8. The van der Waals surface area contributed by atoms with E-state index >= 15 is 0 Å². The number of aromatic carboxylic acids is 1. The van der Waals surface area contributed by atoms with Crippen LogP contribution in [0.25, 0.3) is 11.0 Å². The van der Waals surface area contributed by atoms with Crippen molar-refractivity contribution in [2.75, 3.05) is 0 Å². The molecule has 3 aromatic rings. The highest BCUT2D eigenvalue weighted by Crippen LogP contribution is 2.31. The summed E-state index contributed by atoms with van der Waals surface area (Å²) in [6.07, 6.45) is 2.39. The molecule has 0 saturated heterocycles. The highest BCUT2D eigenvalue weighted by atomic mass is 16.4. The molecule has 1 heterocycles. The summed E-state index contributed by atoms with van der Waals surface area (Å²) in [5, 5.41) is 19.4. The van der Waals surface area contributed by atoms with E-state index in [0.717, 1.165) is 12.8 Å². The quantitative estimate of drug-likeness (QED) is 0.650. The second-order valence-corrected chi connectivity index (χ2v) is 5.90. The lowest BCUT2D eigenvalue weighted by Gasteiger charge is -2.04. The molecule has 0 aliphatic carbocycles. The summed E-state index contributed by atoms with van der Waals surface area (Å²) in [5.41, 5.74) is 1.29. The van der Waals surface area contributed by atoms with Crippen LogP contribution in [-0.4, -0.2) is 22.0 Å². The zero-order chi connectivity index (χ0) is 18.0. The molecule has 5 heteroatoms. The molecule has 1 aromatic heterocycles. The summed E-state index contributed by atoms with van der Waals surface area (Å²) in [5.74, 6) is -0.801. The number of ketones is 1. The van der Waals surface area contributed by atoms with Gasteiger partial charge in [-0.3, -0.25) is 4.79 Å². The third kappa shape index (κ3) is 3.26. The molecule has 3 rings (SSSR count). The smallest absolute Gasteiger partial charge is 0.335 e. The van der Waals surface area contributed by atoms with E-state index < -0.39 is 5.97 Å². The molecule has 25 heavy (non-hydrogen) atoms. The van der Waals surface area contributed by atoms with Gasteiger partial charge >= 0.3 is 5.97 Å². The SMILES string of the molecule is CCCCc1oc2ccc(C(=O)O)cc2c1C(=O)c1cccc(O)c1. The number of phenols is 1. The van der Waals surface area contributed by atoms with Gasteiger partial charge in [0.25, 0.3) is 0 Å². The van der Waals surface area contributed by atoms with E-state index in [1.807, 2.05) is 6.92 Å². The standard InChI is InChI=1S/C20H18O5/c1-2-3-7-17-18(19(22)12-5-4-6-14(21)10-12)15-11-13(20(23)24)8-9-16(15)25-17/h4-6,8-11,21H,2-3,7H2,1H3,(H,23,24). The van der Waals surface area contributed by atoms with Crippen molar-refractivity contribution in [3.8, 4) is 5.75 Å². The largest absolute Gasteiger partial charge is 0.508 e. The molecule has 2 aromatic carbocycles. The molecule has 0 fully saturated rings. The van der Waals surface area contributed by atoms with Crippen molar-refractivity contribution in [2.45, 2.75) is 26.2 Å². The number of rotatable bonds is 6. The average molecular weight is 338 g/mol. The Morgan fingerprint density at radius 2 is 1.88 bits per heavy atom. The fraction of sp³-hybridized carbons (Fsp3) is 0.200. The van der Waals surface area contributed by atoms with Crippen molar-refractivity contribution in [2.24, 2.45) is 0 Å². The van der Waals surface area contributed by atoms with E-state index in [2.05, 4.69) is 0 Å². The van der Waals surface area contributed by atoms with Gasteiger partial charge in [-0.15, -0.1) is 0 Å². The lowest BCUT2D eigenvalue weighted by atomic mass is 9.97. The van der Waals surface area contributed by atoms with Gasteiger partial charge in [-0.2, -0.15) is 0 Å². The number of phenolic OH excluding ortho intramolecular Hbond substituents is 1. The van der Waals surface area contributed by atoms with Crippen LogP contribution >= 0.6 is 0 Å². The Labute approximate surface area is 144 Å². The summed E-state index contributed by atoms with van der Waals surface area (Å²) < 4.78 is 5.83. The van der Waals surface area contributed by atoms with Gasteiger partial charge in [0.15, 0.2) is 5.78 Å². The lowest BCUT2D eigenvalue weighted by Crippen LogP contribution is -2.04. The van der Waals surface area contributed by atoms with Crippen LogP contribution in [-0.2, 0) is 6.42 Å². The Morgan fingerprint density at radius 1 is 1.08 bits per heavy atom. The number of furan rings is 1. The van der Waals surface area contributed by atoms with Crippen LogP contribution in [0.2, 0.25) is 0 Å². The van der Waals surface area contributed by atoms with Crippen LogP contribution in [0, 0.1) is 0 Å². The van der Waals surface area contributed by atoms with Crippen molar-refractivity contribution in [1.82, 2.24) is 0 Å². The van der Waals surface area contributed by atoms with Crippen molar-refractivity contribution in [1.29, 1.82) is 0 Å². The highest BCUT2D eigenvalue weighted by Gasteiger charge is 2.23. The van der Waals surface area contributed by atoms with Gasteiger partial charge in [0.05, 0.1) is 11.1 Å². The van der Waals surface area contributed by atoms with Gasteiger partial charge < -0.3 is 14.6 Å². The number of fused-ring (bicyclic) bond motifs is 1. The van der Waals surface area contributed by atoms with Crippen molar-refractivity contribution < 1.29 is 24.2 Å². The van der Waals surface area contributed by atoms with Crippen LogP contribution in [0.1, 0.15) is 51.8 Å². The van der Waals surface area contributed by atoms with Gasteiger partial charge in [-0.05, 0) is 36.8 Å². The molecule has 0 bridgehead atoms. The first kappa shape index (κ1) is 16.8. The topological polar surface area (TPSA) is 87.7 Å². The fourth-order valence-electron chi connectivity index (χ4n) is 2.84. The average Bonchev–Trinajstić information content (AvgIpc) is 2.96. The predicted molar refractivity (Wildman–Crippen MR) is 93.3 cm³/mol. The first-order valence-corrected chi connectivity index (χ1v) is 8.13. The number of carboxylic acids is 1. The third-order valence-corrected chi connectivity index (χ3v) is 4.10. The Morgan fingerprint density at radius 3 is 2.56 bits per heavy atom. The molecule has 5 nitrogen and oxygen atoms in total. The van der Waals surface area contributed by atoms with Crippen LogP contribution < -0.4 is 0 Å². The normalized spacial score (nSPS) is 10.9. The molecule has 0 atom stereocenters. The van der Waals surface area contributed by atoms with Gasteiger partial charge in [0.1, 0.15) is 17.1 Å². The number of hydrogen-bond donors (Lipinski definition) is 2. The minimum atomic E-state index is -1.06. The van der Waals surface area contributed by atoms with Gasteiger partial charge in [0.2, 0.25) is 0 Å². The summed E-state index contributed by atoms with van der Waals surface area (Å²) in [4.78, 5) is 24.3. The van der Waals surface area contributed by atoms with E-state index in [9.17, 15) is 19.8 Å². The third-order valence-electron chi connectivity index (χ3n) is 4.10. The van der Waals surface area contributed by atoms with E-state index in [0.29, 0.717) is 34.3 Å². The number of benzene rings is 2. The van der Waals surface area contributed by atoms with Crippen molar-refractivity contribution in [3.63, 3.8) is 0 Å². The number of carbonyl (C=O) groups is 2. The molecule has 2 N–H and O–H groups in total. The minimum Gasteiger partial charge on any atom is -0.508 e. The molecular formula is C20H18O5. The summed E-state index contributed by atoms with van der Waals surface area (Å²) in [6, 6.07) is 10.6. The Hall–Kier alpha value is -3.08. The van der Waals surface area contributed by atoms with E-state index in [4.69, 9.17) is 4.42 Å². The van der Waals surface area contributed by atoms with Crippen LogP contribution in [0.4, 0.5) is 0 Å². The molecule has 0 saturated carbocycles. The van der Waals surface area contributed by atoms with Crippen LogP contribution in [0.5, 0.6) is 5.75 Å². The molecule has 0 radical (unpaired) electrons. The Bertz CT molecular complexity index is 952. The number of aromatic hydroxyl groups is 1. The second kappa shape index (κ2) is 6.81. The number of hydrogen-bond acceptors (Lipinski definition) is 4.